The SMILES string of the molecule is Brc1ccc(-c2ccccc2)cc1.O=C(Cc1ccccc1)Cc1ccccc1. The highest BCUT2D eigenvalue weighted by Gasteiger charge is 2.04. The predicted octanol–water partition coefficient (Wildman–Crippen LogP) is 7.16. The van der Waals surface area contributed by atoms with Gasteiger partial charge in [0.05, 0.1) is 0 Å². The van der Waals surface area contributed by atoms with E-state index < -0.39 is 0 Å². The fourth-order valence-corrected chi connectivity index (χ4v) is 3.25. The van der Waals surface area contributed by atoms with Crippen molar-refractivity contribution in [2.45, 2.75) is 12.8 Å². The molecule has 29 heavy (non-hydrogen) atoms. The van der Waals surface area contributed by atoms with E-state index in [0.29, 0.717) is 12.8 Å². The lowest BCUT2D eigenvalue weighted by Gasteiger charge is -2.01. The summed E-state index contributed by atoms with van der Waals surface area (Å²) >= 11 is 3.42. The molecule has 2 heteroatoms. The molecule has 0 heterocycles. The van der Waals surface area contributed by atoms with Gasteiger partial charge in [0.15, 0.2) is 0 Å². The Bertz CT molecular complexity index is 951. The molecule has 0 aliphatic carbocycles. The van der Waals surface area contributed by atoms with Crippen LogP contribution < -0.4 is 0 Å². The molecule has 0 aromatic heterocycles. The third kappa shape index (κ3) is 7.17. The van der Waals surface area contributed by atoms with Crippen LogP contribution in [-0.2, 0) is 17.6 Å². The van der Waals surface area contributed by atoms with E-state index in [2.05, 4.69) is 64.5 Å². The van der Waals surface area contributed by atoms with Gasteiger partial charge in [0, 0.05) is 17.3 Å². The highest BCUT2D eigenvalue weighted by molar-refractivity contribution is 9.10. The van der Waals surface area contributed by atoms with Gasteiger partial charge in [-0.3, -0.25) is 4.79 Å². The summed E-state index contributed by atoms with van der Waals surface area (Å²) in [5.41, 5.74) is 4.69. The van der Waals surface area contributed by atoms with E-state index in [-0.39, 0.29) is 5.78 Å². The average molecular weight is 443 g/mol. The van der Waals surface area contributed by atoms with Gasteiger partial charge in [-0.05, 0) is 34.4 Å². The first-order chi connectivity index (χ1) is 14.2. The summed E-state index contributed by atoms with van der Waals surface area (Å²) in [5, 5.41) is 0. The smallest absolute Gasteiger partial charge is 0.141 e. The number of halogens is 1. The fourth-order valence-electron chi connectivity index (χ4n) is 2.98. The van der Waals surface area contributed by atoms with E-state index in [4.69, 9.17) is 0 Å². The Kier molecular flexibility index (Phi) is 7.97. The summed E-state index contributed by atoms with van der Waals surface area (Å²) < 4.78 is 1.12. The number of carbonyl (C=O) groups is 1. The Balaban J connectivity index is 0.000000169. The number of ketones is 1. The minimum absolute atomic E-state index is 0.261. The Hall–Kier alpha value is -2.97. The van der Waals surface area contributed by atoms with Gasteiger partial charge in [-0.15, -0.1) is 0 Å². The van der Waals surface area contributed by atoms with Gasteiger partial charge in [-0.2, -0.15) is 0 Å². The van der Waals surface area contributed by atoms with Crippen molar-refractivity contribution in [3.8, 4) is 11.1 Å². The van der Waals surface area contributed by atoms with Gasteiger partial charge >= 0.3 is 0 Å². The van der Waals surface area contributed by atoms with Crippen LogP contribution in [0, 0.1) is 0 Å². The van der Waals surface area contributed by atoms with Crippen LogP contribution in [0.5, 0.6) is 0 Å². The van der Waals surface area contributed by atoms with Crippen molar-refractivity contribution in [3.63, 3.8) is 0 Å². The summed E-state index contributed by atoms with van der Waals surface area (Å²) in [6.45, 7) is 0. The van der Waals surface area contributed by atoms with Gasteiger partial charge in [0.1, 0.15) is 5.78 Å². The maximum atomic E-state index is 11.8. The van der Waals surface area contributed by atoms with Crippen molar-refractivity contribution in [3.05, 3.63) is 131 Å². The Morgan fingerprint density at radius 2 is 0.897 bits per heavy atom. The molecule has 0 aliphatic rings. The predicted molar refractivity (Wildman–Crippen MR) is 125 cm³/mol. The molecule has 0 spiro atoms. The maximum absolute atomic E-state index is 11.8. The molecule has 144 valence electrons. The topological polar surface area (TPSA) is 17.1 Å². The van der Waals surface area contributed by atoms with Crippen LogP contribution in [0.1, 0.15) is 11.1 Å². The zero-order valence-corrected chi connectivity index (χ0v) is 17.8. The van der Waals surface area contributed by atoms with Crippen LogP contribution in [0.25, 0.3) is 11.1 Å². The first-order valence-electron chi connectivity index (χ1n) is 9.61. The first-order valence-corrected chi connectivity index (χ1v) is 10.4. The molecule has 4 aromatic rings. The van der Waals surface area contributed by atoms with Crippen molar-refractivity contribution < 1.29 is 4.79 Å². The monoisotopic (exact) mass is 442 g/mol. The minimum Gasteiger partial charge on any atom is -0.299 e. The summed E-state index contributed by atoms with van der Waals surface area (Å²) in [4.78, 5) is 11.8. The van der Waals surface area contributed by atoms with Gasteiger partial charge in [-0.25, -0.2) is 0 Å². The molecule has 0 atom stereocenters. The largest absolute Gasteiger partial charge is 0.299 e. The fraction of sp³-hybridized carbons (Fsp3) is 0.0741. The van der Waals surface area contributed by atoms with Crippen LogP contribution in [0.2, 0.25) is 0 Å². The normalized spacial score (nSPS) is 9.97. The summed E-state index contributed by atoms with van der Waals surface area (Å²) in [6, 6.07) is 38.4. The molecule has 0 aliphatic heterocycles. The van der Waals surface area contributed by atoms with Crippen LogP contribution in [0.4, 0.5) is 0 Å². The Morgan fingerprint density at radius 3 is 1.34 bits per heavy atom. The van der Waals surface area contributed by atoms with E-state index in [1.54, 1.807) is 0 Å². The number of benzene rings is 4. The lowest BCUT2D eigenvalue weighted by Crippen LogP contribution is -2.06. The number of Topliss-reactive ketones (excluding diaryl/α,β-unsaturated/α-hetero) is 1. The first kappa shape index (κ1) is 20.8. The zero-order chi connectivity index (χ0) is 20.3. The molecule has 0 radical (unpaired) electrons. The standard InChI is InChI=1S/C15H14O.C12H9Br/c16-15(11-13-7-3-1-4-8-13)12-14-9-5-2-6-10-14;13-12-8-6-11(7-9-12)10-4-2-1-3-5-10/h1-10H,11-12H2;1-9H. The van der Waals surface area contributed by atoms with Crippen molar-refractivity contribution >= 4 is 21.7 Å². The number of hydrogen-bond acceptors (Lipinski definition) is 1. The molecular weight excluding hydrogens is 420 g/mol. The Morgan fingerprint density at radius 1 is 0.517 bits per heavy atom. The van der Waals surface area contributed by atoms with Crippen molar-refractivity contribution in [2.24, 2.45) is 0 Å². The number of rotatable bonds is 5. The highest BCUT2D eigenvalue weighted by atomic mass is 79.9. The lowest BCUT2D eigenvalue weighted by atomic mass is 10.0. The molecule has 0 bridgehead atoms. The molecule has 0 unspecified atom stereocenters. The van der Waals surface area contributed by atoms with E-state index in [1.807, 2.05) is 66.7 Å². The molecule has 0 saturated carbocycles. The summed E-state index contributed by atoms with van der Waals surface area (Å²) in [7, 11) is 0. The second kappa shape index (κ2) is 11.1. The maximum Gasteiger partial charge on any atom is 0.141 e. The average Bonchev–Trinajstić information content (AvgIpc) is 2.77. The lowest BCUT2D eigenvalue weighted by molar-refractivity contribution is -0.117. The van der Waals surface area contributed by atoms with E-state index >= 15 is 0 Å². The third-order valence-corrected chi connectivity index (χ3v) is 4.97. The van der Waals surface area contributed by atoms with E-state index in [0.717, 1.165) is 15.6 Å². The second-order valence-electron chi connectivity index (χ2n) is 6.74. The van der Waals surface area contributed by atoms with Crippen LogP contribution in [0.15, 0.2) is 120 Å². The molecule has 1 nitrogen and oxygen atoms in total. The summed E-state index contributed by atoms with van der Waals surface area (Å²) in [6.07, 6.45) is 1.05. The highest BCUT2D eigenvalue weighted by Crippen LogP contribution is 2.20. The van der Waals surface area contributed by atoms with Crippen LogP contribution >= 0.6 is 15.9 Å². The molecule has 0 amide bonds. The molecule has 0 N–H and O–H groups in total. The van der Waals surface area contributed by atoms with Gasteiger partial charge in [-0.1, -0.05) is 119 Å². The minimum atomic E-state index is 0.261. The van der Waals surface area contributed by atoms with Crippen LogP contribution in [0.3, 0.4) is 0 Å². The van der Waals surface area contributed by atoms with Crippen molar-refractivity contribution in [1.29, 1.82) is 0 Å². The Labute approximate surface area is 181 Å². The molecular formula is C27H23BrO. The van der Waals surface area contributed by atoms with Crippen molar-refractivity contribution in [1.82, 2.24) is 0 Å². The van der Waals surface area contributed by atoms with Crippen LogP contribution in [-0.4, -0.2) is 5.78 Å². The zero-order valence-electron chi connectivity index (χ0n) is 16.2. The molecule has 0 saturated heterocycles. The quantitative estimate of drug-likeness (QED) is 0.320. The van der Waals surface area contributed by atoms with Gasteiger partial charge in [0.25, 0.3) is 0 Å². The molecule has 4 aromatic carbocycles. The van der Waals surface area contributed by atoms with Gasteiger partial charge in [0.2, 0.25) is 0 Å². The van der Waals surface area contributed by atoms with Crippen molar-refractivity contribution in [2.75, 3.05) is 0 Å². The molecule has 0 fully saturated rings. The number of carbonyl (C=O) groups excluding carboxylic acids is 1. The summed E-state index contributed by atoms with van der Waals surface area (Å²) in [5.74, 6) is 0.261. The third-order valence-electron chi connectivity index (χ3n) is 4.44. The van der Waals surface area contributed by atoms with E-state index in [1.165, 1.54) is 11.1 Å². The molecule has 4 rings (SSSR count). The second-order valence-corrected chi connectivity index (χ2v) is 7.65. The van der Waals surface area contributed by atoms with Gasteiger partial charge < -0.3 is 0 Å². The van der Waals surface area contributed by atoms with E-state index in [9.17, 15) is 4.79 Å². The number of hydrogen-bond donors (Lipinski definition) is 0.